The molecule has 1 atom stereocenters. The fourth-order valence-electron chi connectivity index (χ4n) is 2.26. The molecule has 3 N–H and O–H groups in total. The van der Waals surface area contributed by atoms with Crippen LogP contribution in [0.3, 0.4) is 0 Å². The van der Waals surface area contributed by atoms with Crippen molar-refractivity contribution in [2.24, 2.45) is 5.41 Å². The molecule has 1 aromatic carbocycles. The van der Waals surface area contributed by atoms with E-state index in [4.69, 9.17) is 0 Å². The number of carboxylic acid groups (broad SMARTS) is 1. The Kier molecular flexibility index (Phi) is 8.11. The quantitative estimate of drug-likeness (QED) is 0.637. The monoisotopic (exact) mass is 348 g/mol. The molecular weight excluding hydrogens is 320 g/mol. The van der Waals surface area contributed by atoms with Crippen LogP contribution in [0.4, 0.5) is 0 Å². The number of aliphatic carboxylic acids is 1. The summed E-state index contributed by atoms with van der Waals surface area (Å²) in [6.45, 7) is 6.26. The van der Waals surface area contributed by atoms with Gasteiger partial charge in [0.05, 0.1) is 6.42 Å². The van der Waals surface area contributed by atoms with Crippen LogP contribution in [0.5, 0.6) is 0 Å². The molecule has 0 aromatic heterocycles. The van der Waals surface area contributed by atoms with Crippen LogP contribution in [-0.2, 0) is 20.8 Å². The van der Waals surface area contributed by atoms with E-state index >= 15 is 0 Å². The number of nitrogens with one attached hydrogen (secondary N) is 2. The number of carboxylic acids is 1. The van der Waals surface area contributed by atoms with Crippen molar-refractivity contribution in [2.45, 2.75) is 52.5 Å². The van der Waals surface area contributed by atoms with Gasteiger partial charge in [-0.25, -0.2) is 4.79 Å². The van der Waals surface area contributed by atoms with Gasteiger partial charge in [-0.2, -0.15) is 0 Å². The third kappa shape index (κ3) is 9.49. The minimum Gasteiger partial charge on any atom is -0.480 e. The van der Waals surface area contributed by atoms with Crippen LogP contribution < -0.4 is 10.6 Å². The maximum absolute atomic E-state index is 11.9. The van der Waals surface area contributed by atoms with Crippen LogP contribution in [0.25, 0.3) is 0 Å². The Labute approximate surface area is 149 Å². The SMILES string of the molecule is CC(C)(C)CCC(NC(=O)CCNC(=O)Cc1ccccc1)C(=O)O. The van der Waals surface area contributed by atoms with Crippen LogP contribution in [0.2, 0.25) is 0 Å². The van der Waals surface area contributed by atoms with Crippen LogP contribution >= 0.6 is 0 Å². The van der Waals surface area contributed by atoms with Crippen molar-refractivity contribution >= 4 is 17.8 Å². The molecule has 0 spiro atoms. The summed E-state index contributed by atoms with van der Waals surface area (Å²) in [5.41, 5.74) is 0.904. The first-order valence-electron chi connectivity index (χ1n) is 8.50. The van der Waals surface area contributed by atoms with Crippen molar-refractivity contribution in [3.63, 3.8) is 0 Å². The molecule has 1 unspecified atom stereocenters. The summed E-state index contributed by atoms with van der Waals surface area (Å²) in [5.74, 6) is -1.58. The Hall–Kier alpha value is -2.37. The maximum atomic E-state index is 11.9. The number of benzene rings is 1. The lowest BCUT2D eigenvalue weighted by atomic mass is 9.88. The Morgan fingerprint density at radius 3 is 2.28 bits per heavy atom. The molecule has 6 heteroatoms. The van der Waals surface area contributed by atoms with E-state index in [0.29, 0.717) is 12.8 Å². The van der Waals surface area contributed by atoms with E-state index in [1.807, 2.05) is 51.1 Å². The van der Waals surface area contributed by atoms with Gasteiger partial charge < -0.3 is 15.7 Å². The average Bonchev–Trinajstić information content (AvgIpc) is 2.51. The highest BCUT2D eigenvalue weighted by molar-refractivity contribution is 5.84. The molecule has 1 rings (SSSR count). The summed E-state index contributed by atoms with van der Waals surface area (Å²) in [4.78, 5) is 34.9. The first-order chi connectivity index (χ1) is 11.7. The van der Waals surface area contributed by atoms with Gasteiger partial charge in [0, 0.05) is 13.0 Å². The van der Waals surface area contributed by atoms with Gasteiger partial charge in [-0.1, -0.05) is 51.1 Å². The molecule has 6 nitrogen and oxygen atoms in total. The lowest BCUT2D eigenvalue weighted by molar-refractivity contribution is -0.142. The predicted molar refractivity (Wildman–Crippen MR) is 96.0 cm³/mol. The maximum Gasteiger partial charge on any atom is 0.326 e. The fraction of sp³-hybridized carbons (Fsp3) is 0.526. The first-order valence-corrected chi connectivity index (χ1v) is 8.50. The molecule has 0 saturated carbocycles. The molecule has 0 heterocycles. The second kappa shape index (κ2) is 9.81. The second-order valence-electron chi connectivity index (χ2n) is 7.32. The second-order valence-corrected chi connectivity index (χ2v) is 7.32. The molecule has 25 heavy (non-hydrogen) atoms. The van der Waals surface area contributed by atoms with Gasteiger partial charge in [0.15, 0.2) is 0 Å². The molecule has 0 radical (unpaired) electrons. The van der Waals surface area contributed by atoms with Crippen LogP contribution in [-0.4, -0.2) is 35.5 Å². The van der Waals surface area contributed by atoms with Crippen molar-refractivity contribution in [3.8, 4) is 0 Å². The summed E-state index contributed by atoms with van der Waals surface area (Å²) < 4.78 is 0. The highest BCUT2D eigenvalue weighted by atomic mass is 16.4. The third-order valence-corrected chi connectivity index (χ3v) is 3.70. The molecule has 138 valence electrons. The minimum absolute atomic E-state index is 0.00381. The third-order valence-electron chi connectivity index (χ3n) is 3.70. The van der Waals surface area contributed by atoms with Gasteiger partial charge in [-0.05, 0) is 23.8 Å². The molecule has 0 aliphatic heterocycles. The molecule has 2 amide bonds. The number of rotatable bonds is 9. The zero-order valence-electron chi connectivity index (χ0n) is 15.2. The molecule has 0 saturated heterocycles. The van der Waals surface area contributed by atoms with Gasteiger partial charge in [-0.3, -0.25) is 9.59 Å². The van der Waals surface area contributed by atoms with E-state index in [1.54, 1.807) is 0 Å². The molecular formula is C19H28N2O4. The van der Waals surface area contributed by atoms with Gasteiger partial charge in [0.1, 0.15) is 6.04 Å². The Morgan fingerprint density at radius 1 is 1.08 bits per heavy atom. The highest BCUT2D eigenvalue weighted by Crippen LogP contribution is 2.21. The molecule has 0 fully saturated rings. The van der Waals surface area contributed by atoms with E-state index in [2.05, 4.69) is 10.6 Å². The van der Waals surface area contributed by atoms with Gasteiger partial charge >= 0.3 is 5.97 Å². The first kappa shape index (κ1) is 20.7. The lowest BCUT2D eigenvalue weighted by Crippen LogP contribution is -2.42. The smallest absolute Gasteiger partial charge is 0.326 e. The van der Waals surface area contributed by atoms with Crippen LogP contribution in [0, 0.1) is 5.41 Å². The van der Waals surface area contributed by atoms with Gasteiger partial charge in [0.25, 0.3) is 0 Å². The van der Waals surface area contributed by atoms with Crippen molar-refractivity contribution in [1.82, 2.24) is 10.6 Å². The van der Waals surface area contributed by atoms with E-state index in [0.717, 1.165) is 5.56 Å². The number of hydrogen-bond acceptors (Lipinski definition) is 3. The number of carbonyl (C=O) groups is 3. The van der Waals surface area contributed by atoms with Crippen molar-refractivity contribution < 1.29 is 19.5 Å². The molecule has 0 bridgehead atoms. The lowest BCUT2D eigenvalue weighted by Gasteiger charge is -2.21. The largest absolute Gasteiger partial charge is 0.480 e. The fourth-order valence-corrected chi connectivity index (χ4v) is 2.26. The molecule has 0 aliphatic rings. The summed E-state index contributed by atoms with van der Waals surface area (Å²) in [7, 11) is 0. The summed E-state index contributed by atoms with van der Waals surface area (Å²) in [5, 5.41) is 14.4. The van der Waals surface area contributed by atoms with Crippen molar-refractivity contribution in [3.05, 3.63) is 35.9 Å². The highest BCUT2D eigenvalue weighted by Gasteiger charge is 2.22. The Morgan fingerprint density at radius 2 is 1.72 bits per heavy atom. The Bertz CT molecular complexity index is 579. The standard InChI is InChI=1S/C19H28N2O4/c1-19(2,3)11-9-15(18(24)25)21-16(22)10-12-20-17(23)13-14-7-5-4-6-8-14/h4-8,15H,9-13H2,1-3H3,(H,20,23)(H,21,22)(H,24,25). The van der Waals surface area contributed by atoms with E-state index in [9.17, 15) is 19.5 Å². The topological polar surface area (TPSA) is 95.5 Å². The minimum atomic E-state index is -1.04. The number of hydrogen-bond donors (Lipinski definition) is 3. The van der Waals surface area contributed by atoms with Gasteiger partial charge in [0.2, 0.25) is 11.8 Å². The predicted octanol–water partition coefficient (Wildman–Crippen LogP) is 2.13. The van der Waals surface area contributed by atoms with Gasteiger partial charge in [-0.15, -0.1) is 0 Å². The Balaban J connectivity index is 2.32. The average molecular weight is 348 g/mol. The zero-order chi connectivity index (χ0) is 18.9. The van der Waals surface area contributed by atoms with Crippen LogP contribution in [0.1, 0.15) is 45.6 Å². The summed E-state index contributed by atoms with van der Waals surface area (Å²) in [6, 6.07) is 8.42. The van der Waals surface area contributed by atoms with E-state index in [1.165, 1.54) is 0 Å². The summed E-state index contributed by atoms with van der Waals surface area (Å²) >= 11 is 0. The van der Waals surface area contributed by atoms with E-state index in [-0.39, 0.29) is 36.6 Å². The zero-order valence-corrected chi connectivity index (χ0v) is 15.2. The van der Waals surface area contributed by atoms with Crippen molar-refractivity contribution in [2.75, 3.05) is 6.54 Å². The normalized spacial score (nSPS) is 12.3. The number of amides is 2. The number of carbonyl (C=O) groups excluding carboxylic acids is 2. The van der Waals surface area contributed by atoms with E-state index < -0.39 is 12.0 Å². The van der Waals surface area contributed by atoms with Crippen molar-refractivity contribution in [1.29, 1.82) is 0 Å². The van der Waals surface area contributed by atoms with Crippen LogP contribution in [0.15, 0.2) is 30.3 Å². The molecule has 1 aromatic rings. The molecule has 0 aliphatic carbocycles. The summed E-state index contributed by atoms with van der Waals surface area (Å²) in [6.07, 6.45) is 1.38.